The third-order valence-corrected chi connectivity index (χ3v) is 3.13. The zero-order valence-corrected chi connectivity index (χ0v) is 12.8. The largest absolute Gasteiger partial charge is 0.383 e. The minimum absolute atomic E-state index is 0.0125. The number of hydrogen-bond donors (Lipinski definition) is 3. The fourth-order valence-corrected chi connectivity index (χ4v) is 2.00. The number of carbonyl (C=O) groups is 2. The number of imidazole rings is 1. The monoisotopic (exact) mass is 317 g/mol. The highest BCUT2D eigenvalue weighted by Crippen LogP contribution is 2.13. The number of nitrogens with zero attached hydrogens (tertiary/aromatic N) is 2. The maximum Gasteiger partial charge on any atom is 0.250 e. The van der Waals surface area contributed by atoms with Crippen molar-refractivity contribution in [3.63, 3.8) is 0 Å². The Balaban J connectivity index is 1.93. The lowest BCUT2D eigenvalue weighted by atomic mass is 10.1. The van der Waals surface area contributed by atoms with Gasteiger partial charge in [-0.25, -0.2) is 4.98 Å². The molecule has 122 valence electrons. The van der Waals surface area contributed by atoms with Gasteiger partial charge < -0.3 is 20.4 Å². The van der Waals surface area contributed by atoms with Crippen LogP contribution in [0.3, 0.4) is 0 Å². The van der Waals surface area contributed by atoms with Crippen molar-refractivity contribution in [3.8, 4) is 0 Å². The molecule has 0 aliphatic carbocycles. The van der Waals surface area contributed by atoms with Crippen LogP contribution in [-0.2, 0) is 16.1 Å². The Kier molecular flexibility index (Phi) is 5.70. The molecule has 1 heterocycles. The summed E-state index contributed by atoms with van der Waals surface area (Å²) in [7, 11) is 1.61. The van der Waals surface area contributed by atoms with Crippen molar-refractivity contribution in [1.29, 1.82) is 0 Å². The van der Waals surface area contributed by atoms with Crippen molar-refractivity contribution in [3.05, 3.63) is 42.2 Å². The smallest absolute Gasteiger partial charge is 0.250 e. The quantitative estimate of drug-likeness (QED) is 0.663. The van der Waals surface area contributed by atoms with E-state index < -0.39 is 5.91 Å². The molecule has 2 aromatic rings. The maximum absolute atomic E-state index is 12.0. The first kappa shape index (κ1) is 16.5. The van der Waals surface area contributed by atoms with Gasteiger partial charge in [0.05, 0.1) is 18.7 Å². The van der Waals surface area contributed by atoms with Crippen LogP contribution in [0.25, 0.3) is 0 Å². The summed E-state index contributed by atoms with van der Waals surface area (Å²) in [6.45, 7) is 1.09. The Morgan fingerprint density at radius 2 is 2.13 bits per heavy atom. The first-order valence-electron chi connectivity index (χ1n) is 7.04. The summed E-state index contributed by atoms with van der Waals surface area (Å²) >= 11 is 0. The first-order chi connectivity index (χ1) is 11.1. The van der Waals surface area contributed by atoms with E-state index in [0.29, 0.717) is 30.4 Å². The number of hydrogen-bond acceptors (Lipinski definition) is 5. The van der Waals surface area contributed by atoms with Gasteiger partial charge in [-0.2, -0.15) is 0 Å². The van der Waals surface area contributed by atoms with Crippen molar-refractivity contribution in [2.24, 2.45) is 5.73 Å². The Morgan fingerprint density at radius 1 is 1.35 bits per heavy atom. The minimum Gasteiger partial charge on any atom is -0.383 e. The standard InChI is InChI=1S/C15H19N5O3/c1-23-9-8-20-7-6-17-15(20)19-13(21)10-18-12-5-3-2-4-11(12)14(16)22/h2-7,18H,8-10H2,1H3,(H2,16,22)(H,17,19,21). The zero-order valence-electron chi connectivity index (χ0n) is 12.8. The molecule has 0 atom stereocenters. The van der Waals surface area contributed by atoms with Crippen LogP contribution in [0.15, 0.2) is 36.7 Å². The van der Waals surface area contributed by atoms with E-state index in [1.807, 2.05) is 0 Å². The van der Waals surface area contributed by atoms with Crippen LogP contribution in [0.2, 0.25) is 0 Å². The number of methoxy groups -OCH3 is 1. The highest BCUT2D eigenvalue weighted by atomic mass is 16.5. The molecule has 0 unspecified atom stereocenters. The van der Waals surface area contributed by atoms with Crippen molar-refractivity contribution in [2.45, 2.75) is 6.54 Å². The van der Waals surface area contributed by atoms with Crippen LogP contribution < -0.4 is 16.4 Å². The maximum atomic E-state index is 12.0. The topological polar surface area (TPSA) is 111 Å². The number of nitrogens with one attached hydrogen (secondary N) is 2. The summed E-state index contributed by atoms with van der Waals surface area (Å²) in [6, 6.07) is 6.75. The number of amides is 2. The zero-order chi connectivity index (χ0) is 16.7. The van der Waals surface area contributed by atoms with Gasteiger partial charge in [-0.3, -0.25) is 14.9 Å². The second kappa shape index (κ2) is 7.95. The van der Waals surface area contributed by atoms with E-state index in [1.54, 1.807) is 48.3 Å². The molecule has 0 fully saturated rings. The third kappa shape index (κ3) is 4.55. The number of carbonyl (C=O) groups excluding carboxylic acids is 2. The summed E-state index contributed by atoms with van der Waals surface area (Å²) in [5, 5.41) is 5.59. The molecule has 1 aromatic heterocycles. The normalized spacial score (nSPS) is 10.3. The molecular weight excluding hydrogens is 298 g/mol. The highest BCUT2D eigenvalue weighted by Gasteiger charge is 2.10. The van der Waals surface area contributed by atoms with Crippen LogP contribution in [0, 0.1) is 0 Å². The Bertz CT molecular complexity index is 683. The fraction of sp³-hybridized carbons (Fsp3) is 0.267. The number of nitrogens with two attached hydrogens (primary N) is 1. The van der Waals surface area contributed by atoms with E-state index in [2.05, 4.69) is 15.6 Å². The van der Waals surface area contributed by atoms with Gasteiger partial charge in [0.1, 0.15) is 0 Å². The number of ether oxygens (including phenoxy) is 1. The van der Waals surface area contributed by atoms with Crippen LogP contribution in [0.1, 0.15) is 10.4 Å². The van der Waals surface area contributed by atoms with Gasteiger partial charge in [-0.15, -0.1) is 0 Å². The predicted octanol–water partition coefficient (Wildman–Crippen LogP) is 0.679. The lowest BCUT2D eigenvalue weighted by Gasteiger charge is -2.11. The van der Waals surface area contributed by atoms with Gasteiger partial charge >= 0.3 is 0 Å². The van der Waals surface area contributed by atoms with Crippen LogP contribution in [-0.4, -0.2) is 41.6 Å². The Morgan fingerprint density at radius 3 is 2.87 bits per heavy atom. The molecule has 0 aliphatic heterocycles. The summed E-state index contributed by atoms with van der Waals surface area (Å²) in [5.74, 6) is -0.394. The summed E-state index contributed by atoms with van der Waals surface area (Å²) < 4.78 is 6.78. The molecular formula is C15H19N5O3. The van der Waals surface area contributed by atoms with E-state index in [-0.39, 0.29) is 12.5 Å². The second-order valence-electron chi connectivity index (χ2n) is 4.75. The third-order valence-electron chi connectivity index (χ3n) is 3.13. The first-order valence-corrected chi connectivity index (χ1v) is 7.04. The second-order valence-corrected chi connectivity index (χ2v) is 4.75. The van der Waals surface area contributed by atoms with Gasteiger partial charge in [-0.05, 0) is 12.1 Å². The summed E-state index contributed by atoms with van der Waals surface area (Å²) in [5.41, 5.74) is 6.14. The highest BCUT2D eigenvalue weighted by molar-refractivity contribution is 5.99. The molecule has 4 N–H and O–H groups in total. The Labute approximate surface area is 133 Å². The van der Waals surface area contributed by atoms with Crippen molar-refractivity contribution in [1.82, 2.24) is 9.55 Å². The molecule has 8 nitrogen and oxygen atoms in total. The van der Waals surface area contributed by atoms with Crippen molar-refractivity contribution in [2.75, 3.05) is 30.9 Å². The number of anilines is 2. The average molecular weight is 317 g/mol. The van der Waals surface area contributed by atoms with E-state index in [1.165, 1.54) is 0 Å². The molecule has 8 heteroatoms. The van der Waals surface area contributed by atoms with E-state index in [4.69, 9.17) is 10.5 Å². The molecule has 0 saturated carbocycles. The molecule has 23 heavy (non-hydrogen) atoms. The van der Waals surface area contributed by atoms with Crippen molar-refractivity contribution < 1.29 is 14.3 Å². The van der Waals surface area contributed by atoms with E-state index in [9.17, 15) is 9.59 Å². The van der Waals surface area contributed by atoms with Crippen LogP contribution in [0.5, 0.6) is 0 Å². The lowest BCUT2D eigenvalue weighted by Crippen LogP contribution is -2.25. The molecule has 0 bridgehead atoms. The fourth-order valence-electron chi connectivity index (χ4n) is 2.00. The van der Waals surface area contributed by atoms with E-state index >= 15 is 0 Å². The molecule has 0 saturated heterocycles. The van der Waals surface area contributed by atoms with Gasteiger partial charge in [0, 0.05) is 31.7 Å². The van der Waals surface area contributed by atoms with Gasteiger partial charge in [0.25, 0.3) is 5.91 Å². The van der Waals surface area contributed by atoms with Gasteiger partial charge in [0.2, 0.25) is 11.9 Å². The van der Waals surface area contributed by atoms with Crippen molar-refractivity contribution >= 4 is 23.5 Å². The number of aromatic nitrogens is 2. The number of primary amides is 1. The van der Waals surface area contributed by atoms with Crippen LogP contribution in [0.4, 0.5) is 11.6 Å². The van der Waals surface area contributed by atoms with E-state index in [0.717, 1.165) is 0 Å². The SMILES string of the molecule is COCCn1ccnc1NC(=O)CNc1ccccc1C(N)=O. The number of para-hydroxylation sites is 1. The van der Waals surface area contributed by atoms with Gasteiger partial charge in [0.15, 0.2) is 0 Å². The molecule has 2 rings (SSSR count). The number of rotatable bonds is 8. The summed E-state index contributed by atoms with van der Waals surface area (Å²) in [6.07, 6.45) is 3.35. The summed E-state index contributed by atoms with van der Waals surface area (Å²) in [4.78, 5) is 27.4. The average Bonchev–Trinajstić information content (AvgIpc) is 2.98. The molecule has 0 radical (unpaired) electrons. The molecule has 2 amide bonds. The number of benzene rings is 1. The lowest BCUT2D eigenvalue weighted by molar-refractivity contribution is -0.114. The molecule has 0 aliphatic rings. The van der Waals surface area contributed by atoms with Gasteiger partial charge in [-0.1, -0.05) is 12.1 Å². The predicted molar refractivity (Wildman–Crippen MR) is 86.2 cm³/mol. The van der Waals surface area contributed by atoms with Crippen LogP contribution >= 0.6 is 0 Å². The Hall–Kier alpha value is -2.87. The minimum atomic E-state index is -0.552. The molecule has 1 aromatic carbocycles. The molecule has 0 spiro atoms.